The van der Waals surface area contributed by atoms with Crippen molar-refractivity contribution in [3.05, 3.63) is 68.4 Å². The van der Waals surface area contributed by atoms with Gasteiger partial charge >= 0.3 is 5.97 Å². The van der Waals surface area contributed by atoms with Gasteiger partial charge in [0.25, 0.3) is 5.56 Å². The van der Waals surface area contributed by atoms with Gasteiger partial charge in [0.05, 0.1) is 20.9 Å². The van der Waals surface area contributed by atoms with Crippen LogP contribution >= 0.6 is 35.0 Å². The molecule has 1 heterocycles. The molecule has 26 heavy (non-hydrogen) atoms. The third-order valence-electron chi connectivity index (χ3n) is 3.83. The summed E-state index contributed by atoms with van der Waals surface area (Å²) in [5.74, 6) is -1.01. The van der Waals surface area contributed by atoms with Gasteiger partial charge in [-0.2, -0.15) is 0 Å². The molecule has 0 saturated carbocycles. The van der Waals surface area contributed by atoms with Crippen LogP contribution in [0.25, 0.3) is 10.9 Å². The number of nitrogens with zero attached hydrogens (tertiary/aromatic N) is 2. The zero-order valence-corrected chi connectivity index (χ0v) is 16.0. The summed E-state index contributed by atoms with van der Waals surface area (Å²) in [6.45, 7) is 2.15. The third kappa shape index (κ3) is 3.58. The van der Waals surface area contributed by atoms with Gasteiger partial charge in [-0.1, -0.05) is 65.3 Å². The van der Waals surface area contributed by atoms with Crippen LogP contribution in [0, 0.1) is 0 Å². The monoisotopic (exact) mass is 408 g/mol. The van der Waals surface area contributed by atoms with Crippen LogP contribution in [-0.4, -0.2) is 20.6 Å². The summed E-state index contributed by atoms with van der Waals surface area (Å²) >= 11 is 13.1. The molecule has 0 amide bonds. The van der Waals surface area contributed by atoms with Crippen molar-refractivity contribution < 1.29 is 9.90 Å². The number of carboxylic acids is 1. The Labute approximate surface area is 163 Å². The largest absolute Gasteiger partial charge is 0.480 e. The van der Waals surface area contributed by atoms with Crippen LogP contribution in [0.4, 0.5) is 0 Å². The number of thioether (sulfide) groups is 1. The van der Waals surface area contributed by atoms with Crippen LogP contribution in [0.1, 0.15) is 17.7 Å². The molecule has 1 N–H and O–H groups in total. The smallest absolute Gasteiger partial charge is 0.321 e. The lowest BCUT2D eigenvalue weighted by atomic mass is 10.1. The summed E-state index contributed by atoms with van der Waals surface area (Å²) < 4.78 is 1.44. The van der Waals surface area contributed by atoms with E-state index in [4.69, 9.17) is 23.2 Å². The average Bonchev–Trinajstić information content (AvgIpc) is 2.62. The summed E-state index contributed by atoms with van der Waals surface area (Å²) in [5.41, 5.74) is 0.723. The minimum absolute atomic E-state index is 0.272. The number of rotatable bonds is 5. The number of fused-ring (bicyclic) bond motifs is 1. The number of hydrogen-bond acceptors (Lipinski definition) is 4. The summed E-state index contributed by atoms with van der Waals surface area (Å²) in [6, 6.07) is 11.8. The highest BCUT2D eigenvalue weighted by atomic mass is 35.5. The Morgan fingerprint density at radius 2 is 1.88 bits per heavy atom. The first-order valence-electron chi connectivity index (χ1n) is 7.76. The van der Waals surface area contributed by atoms with Crippen LogP contribution in [0.15, 0.2) is 52.4 Å². The van der Waals surface area contributed by atoms with Crippen molar-refractivity contribution in [2.45, 2.75) is 23.9 Å². The molecule has 0 aliphatic heterocycles. The first kappa shape index (κ1) is 18.8. The number of carbonyl (C=O) groups is 1. The highest BCUT2D eigenvalue weighted by molar-refractivity contribution is 8.00. The minimum atomic E-state index is -1.01. The van der Waals surface area contributed by atoms with E-state index in [2.05, 4.69) is 4.98 Å². The van der Waals surface area contributed by atoms with Gasteiger partial charge in [0, 0.05) is 6.54 Å². The van der Waals surface area contributed by atoms with Gasteiger partial charge in [0.15, 0.2) is 5.16 Å². The Balaban J connectivity index is 2.16. The Morgan fingerprint density at radius 1 is 1.23 bits per heavy atom. The van der Waals surface area contributed by atoms with Gasteiger partial charge in [-0.15, -0.1) is 0 Å². The SMILES string of the molecule is CCn1c(SC(C(=O)O)c2ccccc2)nc2cc(Cl)c(Cl)cc2c1=O. The predicted molar refractivity (Wildman–Crippen MR) is 104 cm³/mol. The fourth-order valence-electron chi connectivity index (χ4n) is 2.56. The lowest BCUT2D eigenvalue weighted by Crippen LogP contribution is -2.23. The van der Waals surface area contributed by atoms with E-state index in [1.54, 1.807) is 31.2 Å². The Hall–Kier alpha value is -2.02. The highest BCUT2D eigenvalue weighted by Crippen LogP contribution is 2.35. The predicted octanol–water partition coefficient (Wildman–Crippen LogP) is 4.64. The van der Waals surface area contributed by atoms with Crippen molar-refractivity contribution in [2.75, 3.05) is 0 Å². The van der Waals surface area contributed by atoms with E-state index in [1.807, 2.05) is 6.07 Å². The number of aliphatic carboxylic acids is 1. The van der Waals surface area contributed by atoms with Crippen molar-refractivity contribution >= 4 is 51.8 Å². The van der Waals surface area contributed by atoms with E-state index in [1.165, 1.54) is 16.7 Å². The van der Waals surface area contributed by atoms with E-state index >= 15 is 0 Å². The molecule has 8 heteroatoms. The molecule has 0 fully saturated rings. The average molecular weight is 409 g/mol. The highest BCUT2D eigenvalue weighted by Gasteiger charge is 2.24. The number of halogens is 2. The molecule has 0 radical (unpaired) electrons. The minimum Gasteiger partial charge on any atom is -0.480 e. The van der Waals surface area contributed by atoms with Crippen molar-refractivity contribution in [3.8, 4) is 0 Å². The molecule has 0 bridgehead atoms. The van der Waals surface area contributed by atoms with Gasteiger partial charge in [-0.25, -0.2) is 4.98 Å². The normalized spacial score (nSPS) is 12.3. The number of aromatic nitrogens is 2. The molecule has 0 saturated heterocycles. The molecule has 3 aromatic rings. The maximum absolute atomic E-state index is 12.8. The molecule has 3 rings (SSSR count). The molecular formula is C18H14Cl2N2O3S. The molecule has 0 spiro atoms. The van der Waals surface area contributed by atoms with Crippen molar-refractivity contribution in [3.63, 3.8) is 0 Å². The molecule has 5 nitrogen and oxygen atoms in total. The van der Waals surface area contributed by atoms with Crippen molar-refractivity contribution in [2.24, 2.45) is 0 Å². The first-order valence-corrected chi connectivity index (χ1v) is 9.40. The molecule has 0 aliphatic rings. The van der Waals surface area contributed by atoms with Gasteiger partial charge in [0.2, 0.25) is 0 Å². The van der Waals surface area contributed by atoms with Crippen molar-refractivity contribution in [1.82, 2.24) is 9.55 Å². The molecule has 134 valence electrons. The summed E-state index contributed by atoms with van der Waals surface area (Å²) in [6.07, 6.45) is 0. The lowest BCUT2D eigenvalue weighted by Gasteiger charge is -2.16. The first-order chi connectivity index (χ1) is 12.4. The Kier molecular flexibility index (Phi) is 5.55. The number of benzene rings is 2. The van der Waals surface area contributed by atoms with Crippen LogP contribution in [-0.2, 0) is 11.3 Å². The second kappa shape index (κ2) is 7.70. The fraction of sp³-hybridized carbons (Fsp3) is 0.167. The van der Waals surface area contributed by atoms with Gasteiger partial charge in [0.1, 0.15) is 5.25 Å². The Morgan fingerprint density at radius 3 is 2.50 bits per heavy atom. The van der Waals surface area contributed by atoms with E-state index in [0.29, 0.717) is 28.2 Å². The molecule has 0 aliphatic carbocycles. The van der Waals surface area contributed by atoms with Crippen LogP contribution < -0.4 is 5.56 Å². The zero-order valence-electron chi connectivity index (χ0n) is 13.6. The standard InChI is InChI=1S/C18H14Cl2N2O3S/c1-2-22-16(23)11-8-12(19)13(20)9-14(11)21-18(22)26-15(17(24)25)10-6-4-3-5-7-10/h3-9,15H,2H2,1H3,(H,24,25). The van der Waals surface area contributed by atoms with Crippen molar-refractivity contribution in [1.29, 1.82) is 0 Å². The number of hydrogen-bond donors (Lipinski definition) is 1. The van der Waals surface area contributed by atoms with Crippen LogP contribution in [0.2, 0.25) is 10.0 Å². The van der Waals surface area contributed by atoms with Gasteiger partial charge in [-0.05, 0) is 24.6 Å². The van der Waals surface area contributed by atoms with E-state index in [-0.39, 0.29) is 15.6 Å². The molecule has 1 atom stereocenters. The van der Waals surface area contributed by atoms with Gasteiger partial charge < -0.3 is 5.11 Å². The van der Waals surface area contributed by atoms with Crippen LogP contribution in [0.5, 0.6) is 0 Å². The third-order valence-corrected chi connectivity index (χ3v) is 5.78. The summed E-state index contributed by atoms with van der Waals surface area (Å²) in [7, 11) is 0. The molecule has 2 aromatic carbocycles. The van der Waals surface area contributed by atoms with E-state index in [0.717, 1.165) is 11.8 Å². The van der Waals surface area contributed by atoms with E-state index < -0.39 is 11.2 Å². The maximum Gasteiger partial charge on any atom is 0.321 e. The summed E-state index contributed by atoms with van der Waals surface area (Å²) in [4.78, 5) is 29.0. The fourth-order valence-corrected chi connectivity index (χ4v) is 3.98. The summed E-state index contributed by atoms with van der Waals surface area (Å²) in [5, 5.41) is 9.97. The second-order valence-electron chi connectivity index (χ2n) is 5.47. The second-order valence-corrected chi connectivity index (χ2v) is 7.36. The molecule has 1 aromatic heterocycles. The van der Waals surface area contributed by atoms with Crippen LogP contribution in [0.3, 0.4) is 0 Å². The molecule has 1 unspecified atom stereocenters. The Bertz CT molecular complexity index is 1040. The quantitative estimate of drug-likeness (QED) is 0.491. The maximum atomic E-state index is 12.8. The van der Waals surface area contributed by atoms with E-state index in [9.17, 15) is 14.7 Å². The zero-order chi connectivity index (χ0) is 18.8. The number of carboxylic acid groups (broad SMARTS) is 1. The molecular weight excluding hydrogens is 395 g/mol. The topological polar surface area (TPSA) is 72.2 Å². The lowest BCUT2D eigenvalue weighted by molar-refractivity contribution is -0.136. The van der Waals surface area contributed by atoms with Gasteiger partial charge in [-0.3, -0.25) is 14.2 Å².